The molecule has 0 amide bonds. The number of halogens is 1. The Morgan fingerprint density at radius 1 is 1.21 bits per heavy atom. The molecule has 6 nitrogen and oxygen atoms in total. The molecular formula is C21H22ClN5OS. The lowest BCUT2D eigenvalue weighted by atomic mass is 10.0. The number of pyridine rings is 1. The number of fused-ring (bicyclic) bond motifs is 2. The Morgan fingerprint density at radius 2 is 2.03 bits per heavy atom. The number of thiophene rings is 1. The minimum absolute atomic E-state index is 0.0896. The number of rotatable bonds is 6. The Balaban J connectivity index is 1.74. The highest BCUT2D eigenvalue weighted by Crippen LogP contribution is 2.32. The quantitative estimate of drug-likeness (QED) is 0.390. The van der Waals surface area contributed by atoms with Crippen LogP contribution >= 0.6 is 22.9 Å². The Morgan fingerprint density at radius 3 is 2.83 bits per heavy atom. The summed E-state index contributed by atoms with van der Waals surface area (Å²) in [5, 5.41) is 21.5. The highest BCUT2D eigenvalue weighted by atomic mass is 35.5. The van der Waals surface area contributed by atoms with Crippen LogP contribution in [0.2, 0.25) is 5.02 Å². The highest BCUT2D eigenvalue weighted by molar-refractivity contribution is 7.16. The van der Waals surface area contributed by atoms with Gasteiger partial charge in [-0.3, -0.25) is 0 Å². The zero-order valence-corrected chi connectivity index (χ0v) is 18.0. The smallest absolute Gasteiger partial charge is 0.138 e. The zero-order chi connectivity index (χ0) is 20.6. The third-order valence-corrected chi connectivity index (χ3v) is 5.72. The number of para-hydroxylation sites is 1. The third-order valence-electron chi connectivity index (χ3n) is 4.60. The fraction of sp³-hybridized carbons (Fsp3) is 0.286. The second kappa shape index (κ2) is 7.74. The first-order valence-electron chi connectivity index (χ1n) is 9.32. The Hall–Kier alpha value is -2.48. The van der Waals surface area contributed by atoms with Crippen LogP contribution in [-0.2, 0) is 0 Å². The van der Waals surface area contributed by atoms with Gasteiger partial charge in [0, 0.05) is 17.5 Å². The highest BCUT2D eigenvalue weighted by Gasteiger charge is 2.19. The molecule has 4 aromatic rings. The van der Waals surface area contributed by atoms with E-state index < -0.39 is 5.60 Å². The Labute approximate surface area is 178 Å². The van der Waals surface area contributed by atoms with Crippen molar-refractivity contribution in [2.45, 2.75) is 32.4 Å². The van der Waals surface area contributed by atoms with E-state index in [1.807, 2.05) is 29.6 Å². The molecular weight excluding hydrogens is 406 g/mol. The lowest BCUT2D eigenvalue weighted by Crippen LogP contribution is -2.30. The van der Waals surface area contributed by atoms with Crippen molar-refractivity contribution in [1.82, 2.24) is 15.0 Å². The molecule has 3 N–H and O–H groups in total. The monoisotopic (exact) mass is 427 g/mol. The number of nitrogens with one attached hydrogen (secondary N) is 2. The summed E-state index contributed by atoms with van der Waals surface area (Å²) in [6.45, 7) is 5.92. The molecule has 0 spiro atoms. The molecule has 0 aliphatic heterocycles. The second-order valence-corrected chi connectivity index (χ2v) is 8.93. The van der Waals surface area contributed by atoms with E-state index in [0.29, 0.717) is 17.4 Å². The van der Waals surface area contributed by atoms with Gasteiger partial charge in [-0.1, -0.05) is 23.7 Å². The molecule has 0 radical (unpaired) electrons. The van der Waals surface area contributed by atoms with Crippen molar-refractivity contribution in [3.05, 3.63) is 52.6 Å². The minimum atomic E-state index is -0.874. The van der Waals surface area contributed by atoms with Crippen molar-refractivity contribution >= 4 is 55.7 Å². The van der Waals surface area contributed by atoms with E-state index in [9.17, 15) is 5.11 Å². The lowest BCUT2D eigenvalue weighted by molar-refractivity contribution is 0.0944. The van der Waals surface area contributed by atoms with Crippen molar-refractivity contribution in [2.24, 2.45) is 0 Å². The molecule has 0 saturated carbocycles. The van der Waals surface area contributed by atoms with Crippen LogP contribution < -0.4 is 10.6 Å². The van der Waals surface area contributed by atoms with Gasteiger partial charge in [0.15, 0.2) is 0 Å². The van der Waals surface area contributed by atoms with E-state index >= 15 is 0 Å². The average Bonchev–Trinajstić information content (AvgIpc) is 3.15. The Bertz CT molecular complexity index is 1170. The van der Waals surface area contributed by atoms with E-state index in [2.05, 4.69) is 33.6 Å². The summed E-state index contributed by atoms with van der Waals surface area (Å²) >= 11 is 7.95. The van der Waals surface area contributed by atoms with Crippen molar-refractivity contribution in [1.29, 1.82) is 0 Å². The topological polar surface area (TPSA) is 83.0 Å². The predicted molar refractivity (Wildman–Crippen MR) is 121 cm³/mol. The summed E-state index contributed by atoms with van der Waals surface area (Å²) in [6, 6.07) is 9.73. The molecule has 0 bridgehead atoms. The van der Waals surface area contributed by atoms with Gasteiger partial charge in [-0.25, -0.2) is 15.0 Å². The second-order valence-electron chi connectivity index (χ2n) is 7.63. The molecule has 0 saturated heterocycles. The van der Waals surface area contributed by atoms with Gasteiger partial charge in [0.2, 0.25) is 0 Å². The van der Waals surface area contributed by atoms with Gasteiger partial charge >= 0.3 is 0 Å². The zero-order valence-electron chi connectivity index (χ0n) is 16.4. The molecule has 29 heavy (non-hydrogen) atoms. The summed E-state index contributed by atoms with van der Waals surface area (Å²) in [7, 11) is 0. The SMILES string of the molecule is C[C@H](Nc1ncnc2sccc12)c1cc2cccc(Cl)c2nc1NCC(C)(C)O. The van der Waals surface area contributed by atoms with Gasteiger partial charge < -0.3 is 15.7 Å². The number of aromatic nitrogens is 3. The molecule has 0 fully saturated rings. The van der Waals surface area contributed by atoms with Crippen LogP contribution in [0.1, 0.15) is 32.4 Å². The van der Waals surface area contributed by atoms with Gasteiger partial charge in [-0.2, -0.15) is 0 Å². The fourth-order valence-corrected chi connectivity index (χ4v) is 4.10. The molecule has 1 aromatic carbocycles. The first-order valence-corrected chi connectivity index (χ1v) is 10.6. The van der Waals surface area contributed by atoms with E-state index in [-0.39, 0.29) is 6.04 Å². The summed E-state index contributed by atoms with van der Waals surface area (Å²) < 4.78 is 0. The molecule has 1 atom stereocenters. The largest absolute Gasteiger partial charge is 0.389 e. The maximum absolute atomic E-state index is 10.2. The van der Waals surface area contributed by atoms with Crippen LogP contribution in [0.3, 0.4) is 0 Å². The summed E-state index contributed by atoms with van der Waals surface area (Å²) in [4.78, 5) is 14.4. The summed E-state index contributed by atoms with van der Waals surface area (Å²) in [5.74, 6) is 1.46. The first-order chi connectivity index (χ1) is 13.8. The number of aliphatic hydroxyl groups is 1. The number of nitrogens with zero attached hydrogens (tertiary/aromatic N) is 3. The van der Waals surface area contributed by atoms with E-state index in [4.69, 9.17) is 16.6 Å². The molecule has 150 valence electrons. The van der Waals surface area contributed by atoms with Crippen molar-refractivity contribution in [2.75, 3.05) is 17.2 Å². The van der Waals surface area contributed by atoms with Crippen LogP contribution in [0.4, 0.5) is 11.6 Å². The van der Waals surface area contributed by atoms with Crippen LogP contribution in [0, 0.1) is 0 Å². The number of hydrogen-bond acceptors (Lipinski definition) is 7. The van der Waals surface area contributed by atoms with Gasteiger partial charge in [0.1, 0.15) is 22.8 Å². The Kier molecular flexibility index (Phi) is 5.29. The summed E-state index contributed by atoms with van der Waals surface area (Å²) in [5.41, 5.74) is 0.817. The maximum atomic E-state index is 10.2. The molecule has 4 rings (SSSR count). The molecule has 0 aliphatic rings. The van der Waals surface area contributed by atoms with Gasteiger partial charge in [-0.15, -0.1) is 11.3 Å². The maximum Gasteiger partial charge on any atom is 0.138 e. The van der Waals surface area contributed by atoms with Crippen LogP contribution in [0.5, 0.6) is 0 Å². The normalized spacial score (nSPS) is 13.0. The summed E-state index contributed by atoms with van der Waals surface area (Å²) in [6.07, 6.45) is 1.57. The van der Waals surface area contributed by atoms with Crippen molar-refractivity contribution in [3.63, 3.8) is 0 Å². The number of anilines is 2. The number of benzene rings is 1. The van der Waals surface area contributed by atoms with Crippen molar-refractivity contribution < 1.29 is 5.11 Å². The lowest BCUT2D eigenvalue weighted by Gasteiger charge is -2.23. The molecule has 0 aliphatic carbocycles. The number of hydrogen-bond donors (Lipinski definition) is 3. The molecule has 3 heterocycles. The molecule has 0 unspecified atom stereocenters. The van der Waals surface area contributed by atoms with E-state index in [0.717, 1.165) is 32.5 Å². The van der Waals surface area contributed by atoms with Crippen molar-refractivity contribution in [3.8, 4) is 0 Å². The predicted octanol–water partition coefficient (Wildman–Crippen LogP) is 5.25. The van der Waals surface area contributed by atoms with Crippen LogP contribution in [-0.4, -0.2) is 32.2 Å². The third kappa shape index (κ3) is 4.27. The fourth-order valence-electron chi connectivity index (χ4n) is 3.14. The van der Waals surface area contributed by atoms with Crippen LogP contribution in [0.25, 0.3) is 21.1 Å². The van der Waals surface area contributed by atoms with Gasteiger partial charge in [0.25, 0.3) is 0 Å². The standard InChI is InChI=1S/C21H22ClN5OS/c1-12(26-18-14-7-8-29-20(14)25-11-24-18)15-9-13-5-4-6-16(22)17(13)27-19(15)23-10-21(2,3)28/h4-9,11-12,28H,10H2,1-3H3,(H,23,27)(H,24,25,26)/t12-/m0/s1. The molecule has 3 aromatic heterocycles. The van der Waals surface area contributed by atoms with E-state index in [1.165, 1.54) is 0 Å². The minimum Gasteiger partial charge on any atom is -0.389 e. The first kappa shape index (κ1) is 19.8. The average molecular weight is 428 g/mol. The molecule has 8 heteroatoms. The van der Waals surface area contributed by atoms with E-state index in [1.54, 1.807) is 31.5 Å². The van der Waals surface area contributed by atoms with Crippen LogP contribution in [0.15, 0.2) is 42.0 Å². The van der Waals surface area contributed by atoms with Gasteiger partial charge in [-0.05, 0) is 44.4 Å². The van der Waals surface area contributed by atoms with Gasteiger partial charge in [0.05, 0.1) is 27.6 Å².